The van der Waals surface area contributed by atoms with E-state index in [4.69, 9.17) is 0 Å². The number of carbonyl (C=O) groups is 1. The highest BCUT2D eigenvalue weighted by Gasteiger charge is 2.33. The average Bonchev–Trinajstić information content (AvgIpc) is 3.41. The Hall–Kier alpha value is -2.22. The molecule has 7 heteroatoms. The number of benzene rings is 1. The molecule has 6 nitrogen and oxygen atoms in total. The molecule has 3 aromatic rings. The van der Waals surface area contributed by atoms with Gasteiger partial charge in [-0.25, -0.2) is 10.4 Å². The lowest BCUT2D eigenvalue weighted by Crippen LogP contribution is -2.45. The van der Waals surface area contributed by atoms with Gasteiger partial charge in [0.05, 0.1) is 6.04 Å². The predicted octanol–water partition coefficient (Wildman–Crippen LogP) is 2.86. The van der Waals surface area contributed by atoms with Crippen molar-refractivity contribution < 1.29 is 4.79 Å². The Morgan fingerprint density at radius 2 is 2.19 bits per heavy atom. The molecule has 2 aromatic heterocycles. The lowest BCUT2D eigenvalue weighted by atomic mass is 10.1. The lowest BCUT2D eigenvalue weighted by Gasteiger charge is -2.26. The number of rotatable bonds is 5. The average molecular weight is 384 g/mol. The summed E-state index contributed by atoms with van der Waals surface area (Å²) in [6.45, 7) is 4.84. The molecular formula is C20H25N5OS. The second-order valence-electron chi connectivity index (χ2n) is 7.25. The van der Waals surface area contributed by atoms with Crippen molar-refractivity contribution in [1.29, 1.82) is 0 Å². The molecule has 0 aliphatic carbocycles. The smallest absolute Gasteiger partial charge is 0.241 e. The number of carbonyl (C=O) groups excluding carboxylic acids is 1. The molecule has 1 saturated heterocycles. The van der Waals surface area contributed by atoms with Gasteiger partial charge in [0.15, 0.2) is 0 Å². The van der Waals surface area contributed by atoms with Gasteiger partial charge in [-0.3, -0.25) is 10.2 Å². The molecule has 4 rings (SSSR count). The topological polar surface area (TPSA) is 62.2 Å². The number of hydrogen-bond donors (Lipinski definition) is 2. The van der Waals surface area contributed by atoms with E-state index in [1.807, 2.05) is 26.3 Å². The lowest BCUT2D eigenvalue weighted by molar-refractivity contribution is -0.133. The maximum absolute atomic E-state index is 12.9. The van der Waals surface area contributed by atoms with Crippen LogP contribution >= 0.6 is 11.3 Å². The summed E-state index contributed by atoms with van der Waals surface area (Å²) in [5, 5.41) is 4.24. The molecule has 1 fully saturated rings. The third-order valence-electron chi connectivity index (χ3n) is 5.30. The van der Waals surface area contributed by atoms with E-state index in [1.165, 1.54) is 10.9 Å². The number of nitrogens with one attached hydrogen (secondary N) is 2. The quantitative estimate of drug-likeness (QED) is 0.711. The van der Waals surface area contributed by atoms with E-state index in [-0.39, 0.29) is 24.0 Å². The standard InChI is InChI=1S/C20H25N5OS/c1-13-12-27-19(21-13)14(2)24(3)20(26)17-10-16(22-23-17)11-25-9-8-15-6-4-5-7-18(15)25/h4-9,12,14,16-17,22-23H,10-11H2,1-3H3. The summed E-state index contributed by atoms with van der Waals surface area (Å²) in [4.78, 5) is 19.2. The fourth-order valence-electron chi connectivity index (χ4n) is 3.61. The van der Waals surface area contributed by atoms with Crippen LogP contribution in [0.1, 0.15) is 30.1 Å². The van der Waals surface area contributed by atoms with Gasteiger partial charge in [0.1, 0.15) is 11.0 Å². The zero-order chi connectivity index (χ0) is 19.0. The van der Waals surface area contributed by atoms with E-state index in [2.05, 4.69) is 56.9 Å². The van der Waals surface area contributed by atoms with Gasteiger partial charge in [0.25, 0.3) is 0 Å². The summed E-state index contributed by atoms with van der Waals surface area (Å²) < 4.78 is 2.24. The molecule has 0 spiro atoms. The van der Waals surface area contributed by atoms with Crippen LogP contribution in [0.2, 0.25) is 0 Å². The predicted molar refractivity (Wildman–Crippen MR) is 108 cm³/mol. The van der Waals surface area contributed by atoms with Crippen LogP contribution in [-0.2, 0) is 11.3 Å². The Labute approximate surface area is 163 Å². The normalized spacial score (nSPS) is 20.9. The van der Waals surface area contributed by atoms with Crippen LogP contribution in [0, 0.1) is 6.92 Å². The van der Waals surface area contributed by atoms with Crippen LogP contribution in [0.25, 0.3) is 10.9 Å². The molecule has 1 aromatic carbocycles. The van der Waals surface area contributed by atoms with Crippen molar-refractivity contribution in [1.82, 2.24) is 25.3 Å². The van der Waals surface area contributed by atoms with Gasteiger partial charge in [0, 0.05) is 42.4 Å². The second kappa shape index (κ2) is 7.42. The van der Waals surface area contributed by atoms with Crippen LogP contribution in [0.4, 0.5) is 0 Å². The largest absolute Gasteiger partial charge is 0.346 e. The molecular weight excluding hydrogens is 358 g/mol. The third-order valence-corrected chi connectivity index (χ3v) is 6.43. The fraction of sp³-hybridized carbons (Fsp3) is 0.400. The van der Waals surface area contributed by atoms with Gasteiger partial charge >= 0.3 is 0 Å². The molecule has 1 aliphatic rings. The number of hydrogen-bond acceptors (Lipinski definition) is 5. The highest BCUT2D eigenvalue weighted by molar-refractivity contribution is 7.09. The van der Waals surface area contributed by atoms with Crippen LogP contribution in [-0.4, -0.2) is 39.5 Å². The fourth-order valence-corrected chi connectivity index (χ4v) is 4.50. The van der Waals surface area contributed by atoms with Gasteiger partial charge < -0.3 is 9.47 Å². The van der Waals surface area contributed by atoms with E-state index < -0.39 is 0 Å². The summed E-state index contributed by atoms with van der Waals surface area (Å²) in [7, 11) is 1.86. The molecule has 3 heterocycles. The van der Waals surface area contributed by atoms with Gasteiger partial charge in [0.2, 0.25) is 5.91 Å². The molecule has 27 heavy (non-hydrogen) atoms. The molecule has 0 radical (unpaired) electrons. The number of aromatic nitrogens is 2. The Morgan fingerprint density at radius 3 is 2.96 bits per heavy atom. The Bertz CT molecular complexity index is 949. The highest BCUT2D eigenvalue weighted by atomic mass is 32.1. The number of para-hydroxylation sites is 1. The van der Waals surface area contributed by atoms with Crippen molar-refractivity contribution in [3.05, 3.63) is 52.6 Å². The minimum absolute atomic E-state index is 0.0227. The molecule has 1 amide bonds. The SMILES string of the molecule is Cc1csc(C(C)N(C)C(=O)C2CC(Cn3ccc4ccccc43)NN2)n1. The van der Waals surface area contributed by atoms with Gasteiger partial charge in [-0.1, -0.05) is 18.2 Å². The monoisotopic (exact) mass is 383 g/mol. The number of amides is 1. The van der Waals surface area contributed by atoms with Crippen molar-refractivity contribution in [2.24, 2.45) is 0 Å². The van der Waals surface area contributed by atoms with E-state index >= 15 is 0 Å². The zero-order valence-electron chi connectivity index (χ0n) is 15.8. The minimum Gasteiger partial charge on any atom is -0.346 e. The van der Waals surface area contributed by atoms with Crippen molar-refractivity contribution in [3.63, 3.8) is 0 Å². The van der Waals surface area contributed by atoms with Crippen LogP contribution in [0.5, 0.6) is 0 Å². The van der Waals surface area contributed by atoms with Gasteiger partial charge in [-0.2, -0.15) is 0 Å². The highest BCUT2D eigenvalue weighted by Crippen LogP contribution is 2.24. The molecule has 0 saturated carbocycles. The molecule has 0 bridgehead atoms. The third kappa shape index (κ3) is 3.63. The number of likely N-dealkylation sites (N-methyl/N-ethyl adjacent to an activating group) is 1. The second-order valence-corrected chi connectivity index (χ2v) is 8.14. The van der Waals surface area contributed by atoms with E-state index in [0.29, 0.717) is 0 Å². The van der Waals surface area contributed by atoms with Crippen LogP contribution in [0.3, 0.4) is 0 Å². The summed E-state index contributed by atoms with van der Waals surface area (Å²) in [5.41, 5.74) is 8.71. The maximum Gasteiger partial charge on any atom is 0.241 e. The first-order valence-electron chi connectivity index (χ1n) is 9.26. The van der Waals surface area contributed by atoms with Crippen molar-refractivity contribution in [3.8, 4) is 0 Å². The van der Waals surface area contributed by atoms with E-state index in [1.54, 1.807) is 16.2 Å². The number of fused-ring (bicyclic) bond motifs is 1. The first-order chi connectivity index (χ1) is 13.0. The van der Waals surface area contributed by atoms with E-state index in [9.17, 15) is 4.79 Å². The Kier molecular flexibility index (Phi) is 4.99. The molecule has 3 atom stereocenters. The summed E-state index contributed by atoms with van der Waals surface area (Å²) in [5.74, 6) is 0.0997. The first kappa shape index (κ1) is 18.2. The van der Waals surface area contributed by atoms with E-state index in [0.717, 1.165) is 23.7 Å². The number of aryl methyl sites for hydroxylation is 1. The van der Waals surface area contributed by atoms with Crippen molar-refractivity contribution >= 4 is 28.1 Å². The number of hydrazine groups is 1. The maximum atomic E-state index is 12.9. The molecule has 142 valence electrons. The summed E-state index contributed by atoms with van der Waals surface area (Å²) >= 11 is 1.61. The van der Waals surface area contributed by atoms with Crippen molar-refractivity contribution in [2.45, 2.75) is 44.9 Å². The van der Waals surface area contributed by atoms with Crippen LogP contribution in [0.15, 0.2) is 41.9 Å². The number of thiazole rings is 1. The van der Waals surface area contributed by atoms with Gasteiger partial charge in [-0.15, -0.1) is 11.3 Å². The number of nitrogens with zero attached hydrogens (tertiary/aromatic N) is 3. The minimum atomic E-state index is -0.217. The van der Waals surface area contributed by atoms with Crippen LogP contribution < -0.4 is 10.9 Å². The van der Waals surface area contributed by atoms with Gasteiger partial charge in [-0.05, 0) is 37.8 Å². The first-order valence-corrected chi connectivity index (χ1v) is 10.1. The molecule has 1 aliphatic heterocycles. The Balaban J connectivity index is 1.39. The molecule has 3 unspecified atom stereocenters. The summed E-state index contributed by atoms with van der Waals surface area (Å²) in [6.07, 6.45) is 2.87. The molecule has 2 N–H and O–H groups in total. The Morgan fingerprint density at radius 1 is 1.37 bits per heavy atom. The summed E-state index contributed by atoms with van der Waals surface area (Å²) in [6, 6.07) is 10.5. The van der Waals surface area contributed by atoms with Crippen molar-refractivity contribution in [2.75, 3.05) is 7.05 Å². The zero-order valence-corrected chi connectivity index (χ0v) is 16.7.